The van der Waals surface area contributed by atoms with E-state index in [0.717, 1.165) is 37.9 Å². The zero-order chi connectivity index (χ0) is 16.2. The van der Waals surface area contributed by atoms with Crippen LogP contribution in [0.3, 0.4) is 0 Å². The maximum atomic E-state index is 13.2. The molecule has 5 nitrogen and oxygen atoms in total. The van der Waals surface area contributed by atoms with Gasteiger partial charge in [-0.05, 0) is 43.1 Å². The largest absolute Gasteiger partial charge is 0.368 e. The fourth-order valence-corrected chi connectivity index (χ4v) is 3.35. The number of primary amides is 1. The first kappa shape index (κ1) is 15.7. The van der Waals surface area contributed by atoms with E-state index in [1.807, 2.05) is 16.9 Å². The van der Waals surface area contributed by atoms with Crippen LogP contribution in [0.2, 0.25) is 0 Å². The number of nitrogens with two attached hydrogens (primary N) is 1. The SMILES string of the molecule is NC(=O)[C@@H](c1ccc(F)cc1)N1CCCC[C@@H]1Cn1cccn1. The fourth-order valence-electron chi connectivity index (χ4n) is 3.35. The van der Waals surface area contributed by atoms with Crippen molar-refractivity contribution in [3.63, 3.8) is 0 Å². The summed E-state index contributed by atoms with van der Waals surface area (Å²) in [6, 6.07) is 7.57. The van der Waals surface area contributed by atoms with Crippen molar-refractivity contribution in [3.8, 4) is 0 Å². The zero-order valence-electron chi connectivity index (χ0n) is 12.9. The lowest BCUT2D eigenvalue weighted by molar-refractivity contribution is -0.125. The number of hydrogen-bond donors (Lipinski definition) is 1. The van der Waals surface area contributed by atoms with Crippen molar-refractivity contribution < 1.29 is 9.18 Å². The summed E-state index contributed by atoms with van der Waals surface area (Å²) in [5.74, 6) is -0.715. The second-order valence-electron chi connectivity index (χ2n) is 5.97. The van der Waals surface area contributed by atoms with Crippen LogP contribution in [0.5, 0.6) is 0 Å². The Labute approximate surface area is 134 Å². The molecule has 0 bridgehead atoms. The minimum atomic E-state index is -0.531. The molecule has 1 amide bonds. The van der Waals surface area contributed by atoms with Gasteiger partial charge in [-0.1, -0.05) is 18.6 Å². The number of rotatable bonds is 5. The van der Waals surface area contributed by atoms with Crippen LogP contribution in [-0.2, 0) is 11.3 Å². The molecule has 0 radical (unpaired) electrons. The molecule has 1 aromatic carbocycles. The monoisotopic (exact) mass is 316 g/mol. The van der Waals surface area contributed by atoms with Crippen LogP contribution >= 0.6 is 0 Å². The van der Waals surface area contributed by atoms with Gasteiger partial charge in [-0.2, -0.15) is 5.10 Å². The average Bonchev–Trinajstić information content (AvgIpc) is 3.04. The van der Waals surface area contributed by atoms with E-state index < -0.39 is 11.9 Å². The van der Waals surface area contributed by atoms with Crippen molar-refractivity contribution >= 4 is 5.91 Å². The molecule has 1 aromatic heterocycles. The van der Waals surface area contributed by atoms with Crippen molar-refractivity contribution in [1.29, 1.82) is 0 Å². The number of aromatic nitrogens is 2. The summed E-state index contributed by atoms with van der Waals surface area (Å²) in [6.45, 7) is 1.52. The average molecular weight is 316 g/mol. The third-order valence-electron chi connectivity index (χ3n) is 4.42. The lowest BCUT2D eigenvalue weighted by atomic mass is 9.95. The van der Waals surface area contributed by atoms with Crippen LogP contribution in [0.25, 0.3) is 0 Å². The van der Waals surface area contributed by atoms with Gasteiger partial charge in [0.15, 0.2) is 0 Å². The van der Waals surface area contributed by atoms with E-state index in [1.165, 1.54) is 12.1 Å². The van der Waals surface area contributed by atoms with E-state index in [4.69, 9.17) is 5.73 Å². The smallest absolute Gasteiger partial charge is 0.239 e. The van der Waals surface area contributed by atoms with Gasteiger partial charge in [0, 0.05) is 18.4 Å². The number of hydrogen-bond acceptors (Lipinski definition) is 3. The van der Waals surface area contributed by atoms with Crippen molar-refractivity contribution in [3.05, 3.63) is 54.1 Å². The van der Waals surface area contributed by atoms with E-state index >= 15 is 0 Å². The second kappa shape index (κ2) is 6.91. The van der Waals surface area contributed by atoms with E-state index in [2.05, 4.69) is 10.00 Å². The number of piperidine rings is 1. The van der Waals surface area contributed by atoms with Crippen LogP contribution in [0.15, 0.2) is 42.7 Å². The van der Waals surface area contributed by atoms with Gasteiger partial charge in [-0.15, -0.1) is 0 Å². The molecule has 1 aliphatic heterocycles. The Balaban J connectivity index is 1.86. The van der Waals surface area contributed by atoms with Crippen LogP contribution in [0, 0.1) is 5.82 Å². The van der Waals surface area contributed by atoms with Gasteiger partial charge in [0.25, 0.3) is 0 Å². The first-order chi connectivity index (χ1) is 11.1. The zero-order valence-corrected chi connectivity index (χ0v) is 12.9. The molecule has 0 saturated carbocycles. The second-order valence-corrected chi connectivity index (χ2v) is 5.97. The van der Waals surface area contributed by atoms with Gasteiger partial charge >= 0.3 is 0 Å². The molecule has 3 rings (SSSR count). The Bertz CT molecular complexity index is 641. The van der Waals surface area contributed by atoms with Crippen LogP contribution in [0.4, 0.5) is 4.39 Å². The molecule has 6 heteroatoms. The number of halogens is 1. The highest BCUT2D eigenvalue weighted by Crippen LogP contribution is 2.29. The lowest BCUT2D eigenvalue weighted by Crippen LogP contribution is -2.48. The molecular formula is C17H21FN4O. The molecular weight excluding hydrogens is 295 g/mol. The van der Waals surface area contributed by atoms with Crippen LogP contribution in [-0.4, -0.2) is 33.2 Å². The first-order valence-electron chi connectivity index (χ1n) is 7.93. The Morgan fingerprint density at radius 3 is 2.78 bits per heavy atom. The summed E-state index contributed by atoms with van der Waals surface area (Å²) in [6.07, 6.45) is 6.81. The van der Waals surface area contributed by atoms with Crippen molar-refractivity contribution in [2.24, 2.45) is 5.73 Å². The minimum Gasteiger partial charge on any atom is -0.368 e. The first-order valence-corrected chi connectivity index (χ1v) is 7.93. The number of amides is 1. The van der Waals surface area contributed by atoms with Crippen LogP contribution < -0.4 is 5.73 Å². The van der Waals surface area contributed by atoms with Crippen molar-refractivity contribution in [1.82, 2.24) is 14.7 Å². The summed E-state index contributed by atoms with van der Waals surface area (Å²) in [5.41, 5.74) is 6.42. The molecule has 2 aromatic rings. The molecule has 122 valence electrons. The maximum Gasteiger partial charge on any atom is 0.239 e. The summed E-state index contributed by atoms with van der Waals surface area (Å²) in [5, 5.41) is 4.26. The molecule has 1 aliphatic rings. The number of carbonyl (C=O) groups excluding carboxylic acids is 1. The number of nitrogens with zero attached hydrogens (tertiary/aromatic N) is 3. The molecule has 1 saturated heterocycles. The number of carbonyl (C=O) groups is 1. The van der Waals surface area contributed by atoms with E-state index in [1.54, 1.807) is 18.3 Å². The Morgan fingerprint density at radius 2 is 2.13 bits per heavy atom. The molecule has 23 heavy (non-hydrogen) atoms. The summed E-state index contributed by atoms with van der Waals surface area (Å²) in [7, 11) is 0. The Hall–Kier alpha value is -2.21. The molecule has 2 heterocycles. The molecule has 0 aliphatic carbocycles. The molecule has 0 spiro atoms. The third-order valence-corrected chi connectivity index (χ3v) is 4.42. The van der Waals surface area contributed by atoms with Crippen LogP contribution in [0.1, 0.15) is 30.9 Å². The third kappa shape index (κ3) is 3.59. The van der Waals surface area contributed by atoms with Gasteiger partial charge in [0.1, 0.15) is 11.9 Å². The standard InChI is InChI=1S/C17H21FN4O/c18-14-7-5-13(6-8-14)16(17(19)23)22-11-2-1-4-15(22)12-21-10-3-9-20-21/h3,5-10,15-16H,1-2,4,11-12H2,(H2,19,23)/t15-,16-/m1/s1. The highest BCUT2D eigenvalue weighted by atomic mass is 19.1. The quantitative estimate of drug-likeness (QED) is 0.919. The predicted molar refractivity (Wildman–Crippen MR) is 84.9 cm³/mol. The maximum absolute atomic E-state index is 13.2. The molecule has 2 N–H and O–H groups in total. The van der Waals surface area contributed by atoms with Gasteiger partial charge in [-0.25, -0.2) is 4.39 Å². The van der Waals surface area contributed by atoms with Gasteiger partial charge in [0.05, 0.1) is 6.54 Å². The van der Waals surface area contributed by atoms with E-state index in [9.17, 15) is 9.18 Å². The number of likely N-dealkylation sites (tertiary alicyclic amines) is 1. The molecule has 2 atom stereocenters. The fraction of sp³-hybridized carbons (Fsp3) is 0.412. The highest BCUT2D eigenvalue weighted by Gasteiger charge is 2.33. The summed E-state index contributed by atoms with van der Waals surface area (Å²) < 4.78 is 15.1. The minimum absolute atomic E-state index is 0.186. The van der Waals surface area contributed by atoms with Crippen molar-refractivity contribution in [2.45, 2.75) is 37.9 Å². The molecule has 0 unspecified atom stereocenters. The lowest BCUT2D eigenvalue weighted by Gasteiger charge is -2.40. The van der Waals surface area contributed by atoms with Gasteiger partial charge in [-0.3, -0.25) is 14.4 Å². The predicted octanol–water partition coefficient (Wildman–Crippen LogP) is 2.10. The molecule has 1 fully saturated rings. The van der Waals surface area contributed by atoms with E-state index in [0.29, 0.717) is 0 Å². The highest BCUT2D eigenvalue weighted by molar-refractivity contribution is 5.81. The summed E-state index contributed by atoms with van der Waals surface area (Å²) >= 11 is 0. The van der Waals surface area contributed by atoms with Crippen molar-refractivity contribution in [2.75, 3.05) is 6.54 Å². The summed E-state index contributed by atoms with van der Waals surface area (Å²) in [4.78, 5) is 14.2. The van der Waals surface area contributed by atoms with Gasteiger partial charge in [0.2, 0.25) is 5.91 Å². The van der Waals surface area contributed by atoms with E-state index in [-0.39, 0.29) is 11.9 Å². The Morgan fingerprint density at radius 1 is 1.35 bits per heavy atom. The number of benzene rings is 1. The Kier molecular flexibility index (Phi) is 4.71. The normalized spacial score (nSPS) is 20.3. The van der Waals surface area contributed by atoms with Gasteiger partial charge < -0.3 is 5.73 Å². The topological polar surface area (TPSA) is 64.2 Å².